The van der Waals surface area contributed by atoms with Gasteiger partial charge in [-0.05, 0) is 35.9 Å². The fourth-order valence-corrected chi connectivity index (χ4v) is 4.43. The highest BCUT2D eigenvalue weighted by molar-refractivity contribution is 7.13. The van der Waals surface area contributed by atoms with Crippen LogP contribution < -0.4 is 4.74 Å². The van der Waals surface area contributed by atoms with Crippen molar-refractivity contribution in [1.82, 2.24) is 14.8 Å². The van der Waals surface area contributed by atoms with Crippen LogP contribution in [0.25, 0.3) is 16.6 Å². The number of non-ortho nitro benzene ring substituents is 1. The molecule has 3 aromatic rings. The molecule has 0 aliphatic carbocycles. The number of aromatic nitrogens is 1. The first kappa shape index (κ1) is 22.6. The Morgan fingerprint density at radius 3 is 2.64 bits per heavy atom. The van der Waals surface area contributed by atoms with E-state index >= 15 is 0 Å². The Bertz CT molecular complexity index is 1150. The molecule has 0 spiro atoms. The zero-order chi connectivity index (χ0) is 23.2. The maximum absolute atomic E-state index is 12.5. The van der Waals surface area contributed by atoms with Crippen molar-refractivity contribution in [3.05, 3.63) is 81.4 Å². The van der Waals surface area contributed by atoms with E-state index in [4.69, 9.17) is 9.72 Å². The molecule has 0 radical (unpaired) electrons. The number of benzene rings is 2. The molecule has 2 aromatic carbocycles. The molecule has 2 heterocycles. The molecule has 0 saturated carbocycles. The first-order chi connectivity index (χ1) is 16.0. The smallest absolute Gasteiger partial charge is 0.270 e. The van der Waals surface area contributed by atoms with Crippen molar-refractivity contribution >= 4 is 29.0 Å². The van der Waals surface area contributed by atoms with Gasteiger partial charge in [-0.3, -0.25) is 19.8 Å². The molecule has 0 N–H and O–H groups in total. The molecule has 0 unspecified atom stereocenters. The second kappa shape index (κ2) is 10.4. The molecular weight excluding hydrogens is 440 g/mol. The van der Waals surface area contributed by atoms with Gasteiger partial charge in [0.2, 0.25) is 5.91 Å². The van der Waals surface area contributed by atoms with Crippen LogP contribution in [-0.4, -0.2) is 58.9 Å². The lowest BCUT2D eigenvalue weighted by Crippen LogP contribution is -2.47. The number of nitro benzene ring substituents is 1. The van der Waals surface area contributed by atoms with E-state index < -0.39 is 4.92 Å². The lowest BCUT2D eigenvalue weighted by Gasteiger charge is -2.33. The number of piperazine rings is 1. The van der Waals surface area contributed by atoms with Gasteiger partial charge in [0.15, 0.2) is 0 Å². The van der Waals surface area contributed by atoms with E-state index in [0.29, 0.717) is 18.7 Å². The molecule has 9 heteroatoms. The molecule has 170 valence electrons. The summed E-state index contributed by atoms with van der Waals surface area (Å²) >= 11 is 1.62. The summed E-state index contributed by atoms with van der Waals surface area (Å²) in [4.78, 5) is 31.8. The van der Waals surface area contributed by atoms with Crippen LogP contribution in [0.4, 0.5) is 5.69 Å². The highest BCUT2D eigenvalue weighted by atomic mass is 32.1. The van der Waals surface area contributed by atoms with Gasteiger partial charge < -0.3 is 9.64 Å². The van der Waals surface area contributed by atoms with Gasteiger partial charge in [-0.15, -0.1) is 11.3 Å². The van der Waals surface area contributed by atoms with Gasteiger partial charge in [0, 0.05) is 61.9 Å². The van der Waals surface area contributed by atoms with Crippen LogP contribution in [-0.2, 0) is 11.3 Å². The largest absolute Gasteiger partial charge is 0.497 e. The molecule has 1 aromatic heterocycles. The predicted molar refractivity (Wildman–Crippen MR) is 128 cm³/mol. The minimum atomic E-state index is -0.444. The fourth-order valence-electron chi connectivity index (χ4n) is 3.62. The highest BCUT2D eigenvalue weighted by Gasteiger charge is 2.20. The van der Waals surface area contributed by atoms with Crippen molar-refractivity contribution in [1.29, 1.82) is 0 Å². The molecule has 0 bridgehead atoms. The molecule has 1 fully saturated rings. The van der Waals surface area contributed by atoms with Gasteiger partial charge in [0.25, 0.3) is 5.69 Å². The van der Waals surface area contributed by atoms with Crippen LogP contribution in [0, 0.1) is 10.1 Å². The number of methoxy groups -OCH3 is 1. The Morgan fingerprint density at radius 1 is 1.18 bits per heavy atom. The van der Waals surface area contributed by atoms with Crippen molar-refractivity contribution in [2.24, 2.45) is 0 Å². The van der Waals surface area contributed by atoms with Crippen LogP contribution in [0.5, 0.6) is 5.75 Å². The van der Waals surface area contributed by atoms with E-state index in [-0.39, 0.29) is 11.6 Å². The Balaban J connectivity index is 1.28. The third kappa shape index (κ3) is 5.82. The topological polar surface area (TPSA) is 88.8 Å². The lowest BCUT2D eigenvalue weighted by atomic mass is 10.2. The van der Waals surface area contributed by atoms with Gasteiger partial charge in [-0.1, -0.05) is 12.1 Å². The van der Waals surface area contributed by atoms with Gasteiger partial charge >= 0.3 is 0 Å². The van der Waals surface area contributed by atoms with Crippen molar-refractivity contribution in [3.8, 4) is 16.3 Å². The molecule has 1 amide bonds. The van der Waals surface area contributed by atoms with E-state index in [1.54, 1.807) is 41.6 Å². The predicted octanol–water partition coefficient (Wildman–Crippen LogP) is 4.08. The lowest BCUT2D eigenvalue weighted by molar-refractivity contribution is -0.384. The third-order valence-corrected chi connectivity index (χ3v) is 6.40. The highest BCUT2D eigenvalue weighted by Crippen LogP contribution is 2.26. The number of hydrogen-bond donors (Lipinski definition) is 0. The van der Waals surface area contributed by atoms with Crippen LogP contribution >= 0.6 is 11.3 Å². The minimum Gasteiger partial charge on any atom is -0.497 e. The average molecular weight is 465 g/mol. The Morgan fingerprint density at radius 2 is 1.94 bits per heavy atom. The summed E-state index contributed by atoms with van der Waals surface area (Å²) in [5, 5.41) is 14.0. The van der Waals surface area contributed by atoms with Gasteiger partial charge in [0.05, 0.1) is 17.7 Å². The molecule has 1 aliphatic rings. The number of nitrogens with zero attached hydrogens (tertiary/aromatic N) is 4. The zero-order valence-corrected chi connectivity index (χ0v) is 19.0. The molecule has 1 aliphatic heterocycles. The molecule has 1 saturated heterocycles. The summed E-state index contributed by atoms with van der Waals surface area (Å²) in [6.45, 7) is 3.55. The Labute approximate surface area is 195 Å². The van der Waals surface area contributed by atoms with Gasteiger partial charge in [-0.25, -0.2) is 4.98 Å². The van der Waals surface area contributed by atoms with Crippen LogP contribution in [0.3, 0.4) is 0 Å². The molecular formula is C24H24N4O4S. The molecule has 8 nitrogen and oxygen atoms in total. The number of nitro groups is 1. The van der Waals surface area contributed by atoms with E-state index in [2.05, 4.69) is 10.3 Å². The monoisotopic (exact) mass is 464 g/mol. The van der Waals surface area contributed by atoms with Crippen LogP contribution in [0.1, 0.15) is 11.3 Å². The number of carbonyl (C=O) groups excluding carboxylic acids is 1. The van der Waals surface area contributed by atoms with E-state index in [9.17, 15) is 14.9 Å². The van der Waals surface area contributed by atoms with Gasteiger partial charge in [-0.2, -0.15) is 0 Å². The third-order valence-electron chi connectivity index (χ3n) is 5.46. The second-order valence-electron chi connectivity index (χ2n) is 7.66. The number of hydrogen-bond acceptors (Lipinski definition) is 7. The summed E-state index contributed by atoms with van der Waals surface area (Å²) in [5.74, 6) is 0.736. The van der Waals surface area contributed by atoms with Crippen molar-refractivity contribution < 1.29 is 14.5 Å². The SMILES string of the molecule is COc1ccc(-c2nc(CN3CCN(C(=O)/C=C/c4cccc([N+](=O)[O-])c4)CC3)cs2)cc1. The van der Waals surface area contributed by atoms with Crippen LogP contribution in [0.15, 0.2) is 60.0 Å². The normalized spacial score (nSPS) is 14.5. The Hall–Kier alpha value is -3.56. The Kier molecular flexibility index (Phi) is 7.11. The summed E-state index contributed by atoms with van der Waals surface area (Å²) < 4.78 is 5.21. The molecule has 0 atom stereocenters. The van der Waals surface area contributed by atoms with E-state index in [0.717, 1.165) is 41.6 Å². The first-order valence-corrected chi connectivity index (χ1v) is 11.4. The van der Waals surface area contributed by atoms with Gasteiger partial charge in [0.1, 0.15) is 10.8 Å². The second-order valence-corrected chi connectivity index (χ2v) is 8.52. The summed E-state index contributed by atoms with van der Waals surface area (Å²) in [5.41, 5.74) is 2.73. The molecule has 4 rings (SSSR count). The number of carbonyl (C=O) groups is 1. The summed E-state index contributed by atoms with van der Waals surface area (Å²) in [7, 11) is 1.65. The van der Waals surface area contributed by atoms with Crippen molar-refractivity contribution in [2.45, 2.75) is 6.54 Å². The molecule has 33 heavy (non-hydrogen) atoms. The zero-order valence-electron chi connectivity index (χ0n) is 18.2. The number of amides is 1. The maximum atomic E-state index is 12.5. The number of ether oxygens (including phenoxy) is 1. The summed E-state index contributed by atoms with van der Waals surface area (Å²) in [6, 6.07) is 14.1. The maximum Gasteiger partial charge on any atom is 0.270 e. The number of rotatable bonds is 7. The van der Waals surface area contributed by atoms with Crippen molar-refractivity contribution in [3.63, 3.8) is 0 Å². The quantitative estimate of drug-likeness (QED) is 0.297. The minimum absolute atomic E-state index is 0.00963. The first-order valence-electron chi connectivity index (χ1n) is 10.5. The summed E-state index contributed by atoms with van der Waals surface area (Å²) in [6.07, 6.45) is 3.11. The van der Waals surface area contributed by atoms with E-state index in [1.165, 1.54) is 18.2 Å². The number of thiazole rings is 1. The van der Waals surface area contributed by atoms with E-state index in [1.807, 2.05) is 24.3 Å². The van der Waals surface area contributed by atoms with Crippen molar-refractivity contribution in [2.75, 3.05) is 33.3 Å². The fraction of sp³-hybridized carbons (Fsp3) is 0.250. The standard InChI is InChI=1S/C24H24N4O4S/c1-32-22-8-6-19(7-9-22)24-25-20(17-33-24)16-26-11-13-27(14-12-26)23(29)10-5-18-3-2-4-21(15-18)28(30)31/h2-10,15,17H,11-14,16H2,1H3/b10-5+. The van der Waals surface area contributed by atoms with Crippen LogP contribution in [0.2, 0.25) is 0 Å². The average Bonchev–Trinajstić information content (AvgIpc) is 3.31.